The van der Waals surface area contributed by atoms with Crippen LogP contribution in [0.4, 0.5) is 0 Å². The topological polar surface area (TPSA) is 43.4 Å². The Kier molecular flexibility index (Phi) is 4.28. The van der Waals surface area contributed by atoms with Crippen LogP contribution in [0, 0.1) is 0 Å². The van der Waals surface area contributed by atoms with Crippen LogP contribution < -0.4 is 0 Å². The summed E-state index contributed by atoms with van der Waals surface area (Å²) in [5, 5.41) is 0. The minimum absolute atomic E-state index is 0.0518. The number of hydrogen-bond donors (Lipinski definition) is 0. The van der Waals surface area contributed by atoms with Crippen LogP contribution in [-0.4, -0.2) is 18.9 Å². The van der Waals surface area contributed by atoms with E-state index in [1.807, 2.05) is 50.2 Å². The van der Waals surface area contributed by atoms with Crippen molar-refractivity contribution in [2.75, 3.05) is 7.11 Å². The monoisotopic (exact) mass is 302 g/mol. The first kappa shape index (κ1) is 15.4. The Morgan fingerprint density at radius 3 is 2.33 bits per heavy atom. The van der Waals surface area contributed by atoms with Gasteiger partial charge in [-0.25, -0.2) is 0 Å². The first-order valence-corrected chi connectivity index (χ1v) is 7.48. The second-order valence-electron chi connectivity index (χ2n) is 5.38. The molecule has 2 aromatic rings. The van der Waals surface area contributed by atoms with Crippen molar-refractivity contribution in [3.8, 4) is 10.4 Å². The highest BCUT2D eigenvalue weighted by Gasteiger charge is 2.33. The number of esters is 1. The molecule has 21 heavy (non-hydrogen) atoms. The van der Waals surface area contributed by atoms with Crippen LogP contribution in [0.2, 0.25) is 0 Å². The summed E-state index contributed by atoms with van der Waals surface area (Å²) in [6.07, 6.45) is 0. The molecule has 4 heteroatoms. The van der Waals surface area contributed by atoms with Gasteiger partial charge >= 0.3 is 5.97 Å². The molecule has 0 aliphatic rings. The highest BCUT2D eigenvalue weighted by Crippen LogP contribution is 2.37. The molecule has 1 aromatic carbocycles. The molecule has 0 fully saturated rings. The number of rotatable bonds is 4. The third-order valence-corrected chi connectivity index (χ3v) is 4.73. The van der Waals surface area contributed by atoms with Crippen LogP contribution in [0.1, 0.15) is 36.0 Å². The zero-order chi connectivity index (χ0) is 15.6. The van der Waals surface area contributed by atoms with Crippen molar-refractivity contribution in [3.63, 3.8) is 0 Å². The van der Waals surface area contributed by atoms with Gasteiger partial charge in [-0.2, -0.15) is 0 Å². The maximum atomic E-state index is 12.1. The van der Waals surface area contributed by atoms with E-state index in [4.69, 9.17) is 4.74 Å². The fraction of sp³-hybridized carbons (Fsp3) is 0.294. The van der Waals surface area contributed by atoms with Crippen LogP contribution in [-0.2, 0) is 14.9 Å². The normalized spacial score (nSPS) is 11.2. The summed E-state index contributed by atoms with van der Waals surface area (Å²) in [7, 11) is 1.39. The lowest BCUT2D eigenvalue weighted by Crippen LogP contribution is -2.30. The number of hydrogen-bond acceptors (Lipinski definition) is 4. The first-order chi connectivity index (χ1) is 9.87. The predicted molar refractivity (Wildman–Crippen MR) is 84.8 cm³/mol. The number of carbonyl (C=O) groups is 2. The fourth-order valence-corrected chi connectivity index (χ4v) is 3.22. The van der Waals surface area contributed by atoms with Gasteiger partial charge in [0.1, 0.15) is 0 Å². The van der Waals surface area contributed by atoms with E-state index in [0.717, 1.165) is 20.9 Å². The van der Waals surface area contributed by atoms with Crippen LogP contribution in [0.15, 0.2) is 36.4 Å². The number of ketones is 1. The Labute approximate surface area is 128 Å². The van der Waals surface area contributed by atoms with E-state index in [-0.39, 0.29) is 11.8 Å². The number of carbonyl (C=O) groups excluding carboxylic acids is 2. The molecule has 0 saturated carbocycles. The lowest BCUT2D eigenvalue weighted by atomic mass is 9.81. The van der Waals surface area contributed by atoms with Crippen molar-refractivity contribution in [1.29, 1.82) is 0 Å². The van der Waals surface area contributed by atoms with Gasteiger partial charge in [-0.05, 0) is 44.0 Å². The third-order valence-electron chi connectivity index (χ3n) is 3.51. The van der Waals surface area contributed by atoms with Crippen molar-refractivity contribution >= 4 is 23.1 Å². The zero-order valence-electron chi connectivity index (χ0n) is 12.6. The number of methoxy groups -OCH3 is 1. The molecular weight excluding hydrogens is 284 g/mol. The summed E-state index contributed by atoms with van der Waals surface area (Å²) in [4.78, 5) is 25.2. The first-order valence-electron chi connectivity index (χ1n) is 6.67. The van der Waals surface area contributed by atoms with Crippen molar-refractivity contribution in [2.24, 2.45) is 0 Å². The maximum Gasteiger partial charge on any atom is 0.315 e. The van der Waals surface area contributed by atoms with E-state index < -0.39 is 5.41 Å². The van der Waals surface area contributed by atoms with E-state index >= 15 is 0 Å². The Bertz CT molecular complexity index is 683. The summed E-state index contributed by atoms with van der Waals surface area (Å²) in [5.74, 6) is -0.228. The molecule has 3 nitrogen and oxygen atoms in total. The lowest BCUT2D eigenvalue weighted by molar-refractivity contribution is -0.146. The molecule has 1 heterocycles. The number of Topliss-reactive ketones (excluding diaryl/α,β-unsaturated/α-hetero) is 1. The molecule has 0 spiro atoms. The molecule has 0 aliphatic heterocycles. The van der Waals surface area contributed by atoms with Gasteiger partial charge in [-0.3, -0.25) is 9.59 Å². The third kappa shape index (κ3) is 2.90. The highest BCUT2D eigenvalue weighted by molar-refractivity contribution is 7.17. The number of ether oxygens (including phenoxy) is 1. The quantitative estimate of drug-likeness (QED) is 0.631. The van der Waals surface area contributed by atoms with Crippen molar-refractivity contribution in [2.45, 2.75) is 26.2 Å². The summed E-state index contributed by atoms with van der Waals surface area (Å²) >= 11 is 1.44. The van der Waals surface area contributed by atoms with E-state index in [0.29, 0.717) is 0 Å². The smallest absolute Gasteiger partial charge is 0.315 e. The van der Waals surface area contributed by atoms with Crippen LogP contribution in [0.3, 0.4) is 0 Å². The van der Waals surface area contributed by atoms with E-state index in [9.17, 15) is 9.59 Å². The molecule has 110 valence electrons. The van der Waals surface area contributed by atoms with Gasteiger partial charge in [-0.1, -0.05) is 24.3 Å². The van der Waals surface area contributed by atoms with Crippen molar-refractivity contribution in [3.05, 3.63) is 46.8 Å². The van der Waals surface area contributed by atoms with Crippen LogP contribution in [0.5, 0.6) is 0 Å². The minimum atomic E-state index is -0.744. The van der Waals surface area contributed by atoms with Gasteiger partial charge in [0.25, 0.3) is 0 Å². The van der Waals surface area contributed by atoms with Crippen molar-refractivity contribution < 1.29 is 14.3 Å². The van der Waals surface area contributed by atoms with E-state index in [1.165, 1.54) is 18.4 Å². The molecule has 0 radical (unpaired) electrons. The molecule has 0 bridgehead atoms. The second kappa shape index (κ2) is 5.82. The molecule has 0 N–H and O–H groups in total. The summed E-state index contributed by atoms with van der Waals surface area (Å²) in [6, 6.07) is 11.5. The van der Waals surface area contributed by atoms with E-state index in [1.54, 1.807) is 6.92 Å². The van der Waals surface area contributed by atoms with Gasteiger partial charge in [-0.15, -0.1) is 11.3 Å². The standard InChI is InChI=1S/C17H18O3S/c1-11(18)14-9-10-15(21-14)12-7-5-6-8-13(12)17(2,3)16(19)20-4/h5-10H,1-4H3. The molecule has 0 unspecified atom stereocenters. The summed E-state index contributed by atoms with van der Waals surface area (Å²) in [5.41, 5.74) is 1.12. The van der Waals surface area contributed by atoms with E-state index in [2.05, 4.69) is 0 Å². The van der Waals surface area contributed by atoms with Gasteiger partial charge in [0.2, 0.25) is 0 Å². The predicted octanol–water partition coefficient (Wildman–Crippen LogP) is 4.07. The molecule has 1 aromatic heterocycles. The van der Waals surface area contributed by atoms with Gasteiger partial charge in [0, 0.05) is 4.88 Å². The van der Waals surface area contributed by atoms with Gasteiger partial charge in [0.05, 0.1) is 17.4 Å². The molecule has 2 rings (SSSR count). The second-order valence-corrected chi connectivity index (χ2v) is 6.47. The van der Waals surface area contributed by atoms with Crippen molar-refractivity contribution in [1.82, 2.24) is 0 Å². The summed E-state index contributed by atoms with van der Waals surface area (Å²) in [6.45, 7) is 5.24. The largest absolute Gasteiger partial charge is 0.468 e. The zero-order valence-corrected chi connectivity index (χ0v) is 13.4. The Morgan fingerprint density at radius 1 is 1.10 bits per heavy atom. The fourth-order valence-electron chi connectivity index (χ4n) is 2.28. The lowest BCUT2D eigenvalue weighted by Gasteiger charge is -2.24. The molecule has 0 atom stereocenters. The molecule has 0 aliphatic carbocycles. The minimum Gasteiger partial charge on any atom is -0.468 e. The maximum absolute atomic E-state index is 12.1. The molecular formula is C17H18O3S. The van der Waals surface area contributed by atoms with Gasteiger partial charge < -0.3 is 4.74 Å². The Balaban J connectivity index is 2.55. The Hall–Kier alpha value is -1.94. The Morgan fingerprint density at radius 2 is 1.76 bits per heavy atom. The SMILES string of the molecule is COC(=O)C(C)(C)c1ccccc1-c1ccc(C(C)=O)s1. The average molecular weight is 302 g/mol. The summed E-state index contributed by atoms with van der Waals surface area (Å²) < 4.78 is 4.91. The number of thiophene rings is 1. The molecule has 0 amide bonds. The molecule has 0 saturated heterocycles. The highest BCUT2D eigenvalue weighted by atomic mass is 32.1. The van der Waals surface area contributed by atoms with Crippen LogP contribution >= 0.6 is 11.3 Å². The average Bonchev–Trinajstić information content (AvgIpc) is 2.96. The van der Waals surface area contributed by atoms with Gasteiger partial charge in [0.15, 0.2) is 5.78 Å². The van der Waals surface area contributed by atoms with Crippen LogP contribution in [0.25, 0.3) is 10.4 Å². The number of benzene rings is 1.